The van der Waals surface area contributed by atoms with Crippen molar-refractivity contribution in [3.63, 3.8) is 0 Å². The van der Waals surface area contributed by atoms with Crippen LogP contribution in [0.4, 0.5) is 0 Å². The lowest BCUT2D eigenvalue weighted by Crippen LogP contribution is -2.48. The van der Waals surface area contributed by atoms with Crippen LogP contribution < -0.4 is 5.32 Å². The van der Waals surface area contributed by atoms with Crippen molar-refractivity contribution in [3.8, 4) is 0 Å². The van der Waals surface area contributed by atoms with Gasteiger partial charge in [-0.2, -0.15) is 11.8 Å². The summed E-state index contributed by atoms with van der Waals surface area (Å²) in [6, 6.07) is 10.1. The van der Waals surface area contributed by atoms with Crippen molar-refractivity contribution in [1.82, 2.24) is 5.32 Å². The van der Waals surface area contributed by atoms with Gasteiger partial charge >= 0.3 is 0 Å². The molecule has 0 radical (unpaired) electrons. The summed E-state index contributed by atoms with van der Waals surface area (Å²) < 4.78 is 5.82. The van der Waals surface area contributed by atoms with Gasteiger partial charge in [0.25, 0.3) is 5.91 Å². The van der Waals surface area contributed by atoms with E-state index in [1.807, 2.05) is 18.2 Å². The second kappa shape index (κ2) is 6.38. The van der Waals surface area contributed by atoms with Crippen molar-refractivity contribution in [2.24, 2.45) is 5.92 Å². The van der Waals surface area contributed by atoms with Crippen molar-refractivity contribution in [2.45, 2.75) is 24.5 Å². The van der Waals surface area contributed by atoms with Gasteiger partial charge in [0.15, 0.2) is 5.60 Å². The third kappa shape index (κ3) is 3.25. The molecule has 2 aliphatic heterocycles. The molecule has 0 aromatic heterocycles. The molecule has 3 rings (SSSR count). The smallest absolute Gasteiger partial charge is 0.252 e. The molecule has 2 heterocycles. The Labute approximate surface area is 129 Å². The van der Waals surface area contributed by atoms with E-state index in [0.717, 1.165) is 24.3 Å². The molecule has 3 atom stereocenters. The average Bonchev–Trinajstić information content (AvgIpc) is 3.15. The fourth-order valence-electron chi connectivity index (χ4n) is 2.98. The molecule has 21 heavy (non-hydrogen) atoms. The lowest BCUT2D eigenvalue weighted by molar-refractivity contribution is -0.137. The van der Waals surface area contributed by atoms with E-state index in [1.165, 1.54) is 0 Å². The van der Waals surface area contributed by atoms with E-state index in [2.05, 4.69) is 17.4 Å². The largest absolute Gasteiger partial charge is 0.379 e. The molecular weight excluding hydrogens is 286 g/mol. The Morgan fingerprint density at radius 3 is 2.95 bits per heavy atom. The quantitative estimate of drug-likeness (QED) is 0.890. The van der Waals surface area contributed by atoms with Crippen molar-refractivity contribution in [3.05, 3.63) is 35.9 Å². The van der Waals surface area contributed by atoms with Crippen LogP contribution in [-0.4, -0.2) is 41.3 Å². The Hall–Kier alpha value is -1.04. The number of hydrogen-bond acceptors (Lipinski definition) is 4. The van der Waals surface area contributed by atoms with Crippen LogP contribution >= 0.6 is 11.8 Å². The molecule has 1 amide bonds. The molecule has 2 saturated heterocycles. The summed E-state index contributed by atoms with van der Waals surface area (Å²) >= 11 is 1.63. The van der Waals surface area contributed by atoms with Crippen LogP contribution in [0.2, 0.25) is 0 Å². The van der Waals surface area contributed by atoms with Crippen molar-refractivity contribution in [1.29, 1.82) is 0 Å². The van der Waals surface area contributed by atoms with Crippen molar-refractivity contribution >= 4 is 17.7 Å². The highest BCUT2D eigenvalue weighted by molar-refractivity contribution is 7.99. The third-order valence-electron chi connectivity index (χ3n) is 4.29. The molecule has 0 bridgehead atoms. The summed E-state index contributed by atoms with van der Waals surface area (Å²) in [4.78, 5) is 12.2. The highest BCUT2D eigenvalue weighted by Crippen LogP contribution is 2.34. The minimum Gasteiger partial charge on any atom is -0.379 e. The monoisotopic (exact) mass is 307 g/mol. The van der Waals surface area contributed by atoms with Crippen LogP contribution in [0.5, 0.6) is 0 Å². The number of aliphatic hydroxyl groups is 1. The zero-order valence-corrected chi connectivity index (χ0v) is 12.8. The molecule has 2 N–H and O–H groups in total. The predicted molar refractivity (Wildman–Crippen MR) is 83.1 cm³/mol. The lowest BCUT2D eigenvalue weighted by atomic mass is 9.94. The zero-order valence-electron chi connectivity index (χ0n) is 12.0. The number of rotatable bonds is 4. The summed E-state index contributed by atoms with van der Waals surface area (Å²) in [7, 11) is 0. The number of carbonyl (C=O) groups excluding carboxylic acids is 1. The highest BCUT2D eigenvalue weighted by Gasteiger charge is 2.40. The summed E-state index contributed by atoms with van der Waals surface area (Å²) in [6.45, 7) is 1.28. The highest BCUT2D eigenvalue weighted by atomic mass is 32.2. The maximum atomic E-state index is 12.2. The van der Waals surface area contributed by atoms with Crippen LogP contribution in [0.1, 0.15) is 24.5 Å². The molecule has 2 aliphatic rings. The van der Waals surface area contributed by atoms with E-state index in [4.69, 9.17) is 4.74 Å². The van der Waals surface area contributed by atoms with E-state index in [9.17, 15) is 9.90 Å². The molecular formula is C16H21NO3S. The van der Waals surface area contributed by atoms with E-state index in [1.54, 1.807) is 11.8 Å². The Morgan fingerprint density at radius 1 is 1.43 bits per heavy atom. The van der Waals surface area contributed by atoms with E-state index in [0.29, 0.717) is 18.7 Å². The van der Waals surface area contributed by atoms with Gasteiger partial charge in [0.1, 0.15) is 0 Å². The maximum Gasteiger partial charge on any atom is 0.252 e. The van der Waals surface area contributed by atoms with Crippen LogP contribution in [0.3, 0.4) is 0 Å². The Balaban J connectivity index is 1.58. The Morgan fingerprint density at radius 2 is 2.24 bits per heavy atom. The van der Waals surface area contributed by atoms with Gasteiger partial charge < -0.3 is 15.2 Å². The van der Waals surface area contributed by atoms with Gasteiger partial charge in [-0.25, -0.2) is 0 Å². The molecule has 0 saturated carbocycles. The van der Waals surface area contributed by atoms with Crippen LogP contribution in [-0.2, 0) is 9.53 Å². The number of thioether (sulfide) groups is 1. The third-order valence-corrected chi connectivity index (χ3v) is 5.47. The van der Waals surface area contributed by atoms with Crippen LogP contribution in [0.25, 0.3) is 0 Å². The number of benzene rings is 1. The summed E-state index contributed by atoms with van der Waals surface area (Å²) in [5.41, 5.74) is -0.0174. The van der Waals surface area contributed by atoms with Gasteiger partial charge in [-0.1, -0.05) is 30.3 Å². The minimum absolute atomic E-state index is 0.0408. The standard InChI is InChI=1S/C16H21NO3S/c18-15(16(19)7-9-21-11-16)17-10-13-6-8-20-14(13)12-4-2-1-3-5-12/h1-5,13-14,19H,6-11H2,(H,17,18)/t13-,14-,16-/m0/s1. The second-order valence-corrected chi connectivity index (χ2v) is 6.90. The number of carbonyl (C=O) groups is 1. The summed E-state index contributed by atoms with van der Waals surface area (Å²) in [6.07, 6.45) is 1.53. The van der Waals surface area contributed by atoms with E-state index in [-0.39, 0.29) is 17.9 Å². The van der Waals surface area contributed by atoms with E-state index >= 15 is 0 Å². The van der Waals surface area contributed by atoms with Gasteiger partial charge in [-0.3, -0.25) is 4.79 Å². The Bertz CT molecular complexity index is 488. The fraction of sp³-hybridized carbons (Fsp3) is 0.562. The molecule has 0 unspecified atom stereocenters. The normalized spacial score (nSPS) is 32.2. The first kappa shape index (κ1) is 14.9. The fourth-order valence-corrected chi connectivity index (χ4v) is 4.22. The number of amides is 1. The van der Waals surface area contributed by atoms with Gasteiger partial charge in [0, 0.05) is 24.8 Å². The maximum absolute atomic E-state index is 12.2. The molecule has 4 nitrogen and oxygen atoms in total. The van der Waals surface area contributed by atoms with Gasteiger partial charge in [0.2, 0.25) is 0 Å². The first-order valence-corrected chi connectivity index (χ1v) is 8.59. The second-order valence-electron chi connectivity index (χ2n) is 5.80. The summed E-state index contributed by atoms with van der Waals surface area (Å²) in [5, 5.41) is 13.2. The lowest BCUT2D eigenvalue weighted by Gasteiger charge is -2.23. The van der Waals surface area contributed by atoms with Gasteiger partial charge in [0.05, 0.1) is 6.10 Å². The Kier molecular flexibility index (Phi) is 4.52. The average molecular weight is 307 g/mol. The van der Waals surface area contributed by atoms with Crippen LogP contribution in [0.15, 0.2) is 30.3 Å². The zero-order chi connectivity index (χ0) is 14.7. The van der Waals surface area contributed by atoms with E-state index < -0.39 is 5.60 Å². The van der Waals surface area contributed by atoms with Crippen molar-refractivity contribution in [2.75, 3.05) is 24.7 Å². The SMILES string of the molecule is O=C(NC[C@@H]1CCO[C@H]1c1ccccc1)[C@]1(O)CCSC1. The van der Waals surface area contributed by atoms with Crippen LogP contribution in [0, 0.1) is 5.92 Å². The topological polar surface area (TPSA) is 58.6 Å². The number of hydrogen-bond donors (Lipinski definition) is 2. The molecule has 2 fully saturated rings. The first-order valence-electron chi connectivity index (χ1n) is 7.44. The minimum atomic E-state index is -1.17. The van der Waals surface area contributed by atoms with Gasteiger partial charge in [-0.05, 0) is 24.2 Å². The molecule has 5 heteroatoms. The van der Waals surface area contributed by atoms with Crippen molar-refractivity contribution < 1.29 is 14.6 Å². The van der Waals surface area contributed by atoms with Gasteiger partial charge in [-0.15, -0.1) is 0 Å². The molecule has 114 valence electrons. The molecule has 0 aliphatic carbocycles. The molecule has 0 spiro atoms. The predicted octanol–water partition coefficient (Wildman–Crippen LogP) is 1.75. The number of nitrogens with one attached hydrogen (secondary N) is 1. The molecule has 1 aromatic rings. The number of ether oxygens (including phenoxy) is 1. The molecule has 1 aromatic carbocycles. The first-order chi connectivity index (χ1) is 10.2. The summed E-state index contributed by atoms with van der Waals surface area (Å²) in [5.74, 6) is 1.39.